The molecule has 0 aliphatic carbocycles. The van der Waals surface area contributed by atoms with E-state index in [-0.39, 0.29) is 23.8 Å². The number of ether oxygens (including phenoxy) is 1. The number of rotatable bonds is 11. The molecule has 0 bridgehead atoms. The van der Waals surface area contributed by atoms with Gasteiger partial charge in [-0.25, -0.2) is 17.5 Å². The molecule has 0 aliphatic heterocycles. The van der Waals surface area contributed by atoms with Gasteiger partial charge >= 0.3 is 5.97 Å². The molecule has 2 aromatic rings. The number of nitrogens with one attached hydrogen (secondary N) is 1. The third-order valence-corrected chi connectivity index (χ3v) is 6.16. The highest BCUT2D eigenvalue weighted by Gasteiger charge is 2.18. The van der Waals surface area contributed by atoms with Crippen LogP contribution in [0.4, 0.5) is 4.39 Å². The molecule has 0 amide bonds. The summed E-state index contributed by atoms with van der Waals surface area (Å²) in [6.45, 7) is 13.0. The first-order valence-electron chi connectivity index (χ1n) is 10.8. The van der Waals surface area contributed by atoms with Gasteiger partial charge in [0.25, 0.3) is 0 Å². The fourth-order valence-corrected chi connectivity index (χ4v) is 4.24. The Morgan fingerprint density at radius 1 is 1.18 bits per heavy atom. The molecule has 0 fully saturated rings. The molecule has 0 unspecified atom stereocenters. The van der Waals surface area contributed by atoms with Crippen LogP contribution in [0.25, 0.3) is 5.57 Å². The molecule has 0 heterocycles. The van der Waals surface area contributed by atoms with Gasteiger partial charge in [0.2, 0.25) is 10.0 Å². The van der Waals surface area contributed by atoms with Crippen molar-refractivity contribution in [1.29, 1.82) is 0 Å². The first-order chi connectivity index (χ1) is 15.4. The van der Waals surface area contributed by atoms with Crippen LogP contribution in [0.15, 0.2) is 66.6 Å². The lowest BCUT2D eigenvalue weighted by Gasteiger charge is -2.19. The number of esters is 1. The van der Waals surface area contributed by atoms with Crippen molar-refractivity contribution in [2.75, 3.05) is 6.54 Å². The second kappa shape index (κ2) is 11.4. The highest BCUT2D eigenvalue weighted by molar-refractivity contribution is 7.89. The summed E-state index contributed by atoms with van der Waals surface area (Å²) >= 11 is 0. The van der Waals surface area contributed by atoms with E-state index >= 15 is 0 Å². The average Bonchev–Trinajstić information content (AvgIpc) is 2.72. The topological polar surface area (TPSA) is 72.5 Å². The molecule has 178 valence electrons. The van der Waals surface area contributed by atoms with Gasteiger partial charge in [-0.3, -0.25) is 4.79 Å². The number of sulfonamides is 1. The maximum atomic E-state index is 14.1. The van der Waals surface area contributed by atoms with Gasteiger partial charge in [-0.1, -0.05) is 36.9 Å². The number of unbranched alkanes of at least 4 members (excludes halogenated alkanes) is 1. The van der Waals surface area contributed by atoms with Crippen LogP contribution in [0.3, 0.4) is 0 Å². The summed E-state index contributed by atoms with van der Waals surface area (Å²) in [6, 6.07) is 11.0. The normalized spacial score (nSPS) is 11.8. The summed E-state index contributed by atoms with van der Waals surface area (Å²) in [5, 5.41) is 0. The van der Waals surface area contributed by atoms with Crippen molar-refractivity contribution in [3.63, 3.8) is 0 Å². The summed E-state index contributed by atoms with van der Waals surface area (Å²) in [5.41, 5.74) is 1.78. The number of hydrogen-bond donors (Lipinski definition) is 1. The van der Waals surface area contributed by atoms with Crippen molar-refractivity contribution in [2.24, 2.45) is 0 Å². The van der Waals surface area contributed by atoms with E-state index < -0.39 is 21.4 Å². The van der Waals surface area contributed by atoms with Gasteiger partial charge in [-0.2, -0.15) is 0 Å². The minimum atomic E-state index is -3.85. The molecule has 0 saturated carbocycles. The monoisotopic (exact) mass is 473 g/mol. The number of aryl methyl sites for hydroxylation is 1. The number of carbonyl (C=O) groups is 1. The van der Waals surface area contributed by atoms with Crippen molar-refractivity contribution in [2.45, 2.75) is 57.0 Å². The van der Waals surface area contributed by atoms with E-state index in [1.807, 2.05) is 0 Å². The predicted octanol–water partition coefficient (Wildman–Crippen LogP) is 5.21. The van der Waals surface area contributed by atoms with Crippen molar-refractivity contribution < 1.29 is 22.3 Å². The van der Waals surface area contributed by atoms with Gasteiger partial charge in [0.1, 0.15) is 11.4 Å². The highest BCUT2D eigenvalue weighted by atomic mass is 32.2. The minimum Gasteiger partial charge on any atom is -0.460 e. The Morgan fingerprint density at radius 2 is 1.91 bits per heavy atom. The van der Waals surface area contributed by atoms with Gasteiger partial charge in [-0.05, 0) is 80.5 Å². The van der Waals surface area contributed by atoms with Crippen molar-refractivity contribution >= 4 is 21.6 Å². The molecule has 0 radical (unpaired) electrons. The Morgan fingerprint density at radius 3 is 2.58 bits per heavy atom. The molecule has 5 nitrogen and oxygen atoms in total. The Bertz CT molecular complexity index is 1120. The molecule has 0 aromatic heterocycles. The molecule has 0 aliphatic rings. The van der Waals surface area contributed by atoms with Gasteiger partial charge in [-0.15, -0.1) is 6.58 Å². The van der Waals surface area contributed by atoms with Gasteiger partial charge in [0, 0.05) is 6.54 Å². The molecule has 2 rings (SSSR count). The van der Waals surface area contributed by atoms with Crippen LogP contribution in [0, 0.1) is 5.82 Å². The van der Waals surface area contributed by atoms with E-state index in [4.69, 9.17) is 4.74 Å². The van der Waals surface area contributed by atoms with Crippen LogP contribution in [0.5, 0.6) is 0 Å². The van der Waals surface area contributed by atoms with Crippen LogP contribution < -0.4 is 4.72 Å². The van der Waals surface area contributed by atoms with Gasteiger partial charge in [0.05, 0.1) is 11.3 Å². The van der Waals surface area contributed by atoms with Gasteiger partial charge in [0.15, 0.2) is 0 Å². The molecule has 33 heavy (non-hydrogen) atoms. The predicted molar refractivity (Wildman–Crippen MR) is 130 cm³/mol. The lowest BCUT2D eigenvalue weighted by atomic mass is 10.0. The first-order valence-corrected chi connectivity index (χ1v) is 12.3. The first kappa shape index (κ1) is 26.5. The van der Waals surface area contributed by atoms with Crippen LogP contribution in [-0.4, -0.2) is 26.5 Å². The molecule has 0 atom stereocenters. The quantitative estimate of drug-likeness (QED) is 0.276. The van der Waals surface area contributed by atoms with E-state index in [0.29, 0.717) is 29.5 Å². The fourth-order valence-electron chi connectivity index (χ4n) is 3.16. The van der Waals surface area contributed by atoms with Crippen molar-refractivity contribution in [3.8, 4) is 0 Å². The summed E-state index contributed by atoms with van der Waals surface area (Å²) in [5.74, 6) is -0.768. The molecule has 0 saturated heterocycles. The maximum Gasteiger partial charge on any atom is 0.310 e. The fraction of sp³-hybridized carbons (Fsp3) is 0.346. The summed E-state index contributed by atoms with van der Waals surface area (Å²) < 4.78 is 47.4. The van der Waals surface area contributed by atoms with E-state index in [2.05, 4.69) is 17.9 Å². The van der Waals surface area contributed by atoms with Crippen LogP contribution in [-0.2, 0) is 32.4 Å². The zero-order chi connectivity index (χ0) is 24.6. The number of hydrogen-bond acceptors (Lipinski definition) is 4. The summed E-state index contributed by atoms with van der Waals surface area (Å²) in [6.07, 6.45) is 3.69. The Balaban J connectivity index is 2.06. The van der Waals surface area contributed by atoms with E-state index in [1.54, 1.807) is 51.1 Å². The molecule has 2 aromatic carbocycles. The maximum absolute atomic E-state index is 14.1. The van der Waals surface area contributed by atoms with Crippen LogP contribution in [0.2, 0.25) is 0 Å². The number of benzene rings is 2. The average molecular weight is 474 g/mol. The molecule has 1 N–H and O–H groups in total. The largest absolute Gasteiger partial charge is 0.460 e. The summed E-state index contributed by atoms with van der Waals surface area (Å²) in [4.78, 5) is 12.1. The second-order valence-electron chi connectivity index (χ2n) is 8.83. The second-order valence-corrected chi connectivity index (χ2v) is 10.6. The third-order valence-electron chi connectivity index (χ3n) is 4.76. The van der Waals surface area contributed by atoms with E-state index in [0.717, 1.165) is 12.0 Å². The van der Waals surface area contributed by atoms with Crippen molar-refractivity contribution in [3.05, 3.63) is 84.2 Å². The lowest BCUT2D eigenvalue weighted by Crippen LogP contribution is -2.26. The zero-order valence-electron chi connectivity index (χ0n) is 19.5. The summed E-state index contributed by atoms with van der Waals surface area (Å²) in [7, 11) is -3.85. The molecule has 0 spiro atoms. The number of carbonyl (C=O) groups excluding carboxylic acids is 1. The molecular weight excluding hydrogens is 441 g/mol. The SMILES string of the molecule is C=CCCCc1cc(S(=O)(=O)NCC(=C)c2cccc(CC(=O)OC(C)(C)C)c2)ccc1F. The Kier molecular flexibility index (Phi) is 9.14. The Labute approximate surface area is 196 Å². The van der Waals surface area contributed by atoms with E-state index in [1.165, 1.54) is 18.2 Å². The highest BCUT2D eigenvalue weighted by Crippen LogP contribution is 2.19. The number of halogens is 1. The van der Waals surface area contributed by atoms with Crippen molar-refractivity contribution in [1.82, 2.24) is 4.72 Å². The zero-order valence-corrected chi connectivity index (χ0v) is 20.3. The number of allylic oxidation sites excluding steroid dienone is 1. The minimum absolute atomic E-state index is 0.00368. The smallest absolute Gasteiger partial charge is 0.310 e. The molecule has 7 heteroatoms. The Hall–Kier alpha value is -2.77. The van der Waals surface area contributed by atoms with Crippen LogP contribution in [0.1, 0.15) is 50.3 Å². The lowest BCUT2D eigenvalue weighted by molar-refractivity contribution is -0.153. The molecular formula is C26H32FNO4S. The van der Waals surface area contributed by atoms with Gasteiger partial charge < -0.3 is 4.74 Å². The van der Waals surface area contributed by atoms with Crippen LogP contribution >= 0.6 is 0 Å². The standard InChI is InChI=1S/C26H32FNO4S/c1-6-7-8-11-22-17-23(13-14-24(22)27)33(30,31)28-18-19(2)21-12-9-10-20(15-21)16-25(29)32-26(3,4)5/h6,9-10,12-15,17,28H,1-2,7-8,11,16,18H2,3-5H3. The van der Waals surface area contributed by atoms with E-state index in [9.17, 15) is 17.6 Å². The third kappa shape index (κ3) is 8.59.